The molecule has 1 aromatic carbocycles. The number of nitrogen functional groups attached to an aromatic ring is 1. The van der Waals surface area contributed by atoms with Crippen molar-refractivity contribution in [2.75, 3.05) is 5.73 Å². The molecule has 0 unspecified atom stereocenters. The zero-order valence-corrected chi connectivity index (χ0v) is 16.8. The predicted octanol–water partition coefficient (Wildman–Crippen LogP) is 2.60. The molecule has 1 aliphatic carbocycles. The fraction of sp³-hybridized carbons (Fsp3) is 0.263. The molecule has 154 valence electrons. The van der Waals surface area contributed by atoms with E-state index in [4.69, 9.17) is 5.73 Å². The van der Waals surface area contributed by atoms with Crippen molar-refractivity contribution in [1.82, 2.24) is 30.7 Å². The summed E-state index contributed by atoms with van der Waals surface area (Å²) in [7, 11) is 0. The van der Waals surface area contributed by atoms with Gasteiger partial charge in [-0.3, -0.25) is 4.79 Å². The van der Waals surface area contributed by atoms with Gasteiger partial charge in [-0.15, -0.1) is 16.9 Å². The summed E-state index contributed by atoms with van der Waals surface area (Å²) in [5.74, 6) is 0.509. The molecule has 3 aromatic rings. The van der Waals surface area contributed by atoms with Gasteiger partial charge < -0.3 is 5.73 Å². The minimum atomic E-state index is -0.456. The first-order valence-electron chi connectivity index (χ1n) is 9.41. The molecule has 3 N–H and O–H groups in total. The number of carbonyl (C=O) groups is 1. The number of benzene rings is 1. The largest absolute Gasteiger partial charge is 0.378 e. The number of hydrogen-bond acceptors (Lipinski definition) is 9. The van der Waals surface area contributed by atoms with E-state index in [0.29, 0.717) is 17.4 Å². The number of nitrogens with one attached hydrogen (secondary N) is 1. The lowest BCUT2D eigenvalue weighted by Gasteiger charge is -2.11. The normalized spacial score (nSPS) is 16.2. The van der Waals surface area contributed by atoms with Crippen LogP contribution in [0.25, 0.3) is 5.82 Å². The van der Waals surface area contributed by atoms with Gasteiger partial charge in [-0.25, -0.2) is 10.1 Å². The van der Waals surface area contributed by atoms with Crippen molar-refractivity contribution in [3.63, 3.8) is 0 Å². The highest BCUT2D eigenvalue weighted by atomic mass is 32.2. The minimum Gasteiger partial charge on any atom is -0.378 e. The van der Waals surface area contributed by atoms with Gasteiger partial charge in [0.15, 0.2) is 5.69 Å². The highest BCUT2D eigenvalue weighted by molar-refractivity contribution is 7.98. The van der Waals surface area contributed by atoms with Gasteiger partial charge in [-0.05, 0) is 47.6 Å². The molecule has 1 amide bonds. The van der Waals surface area contributed by atoms with E-state index in [1.165, 1.54) is 16.4 Å². The molecule has 4 rings (SSSR count). The second-order valence-electron chi connectivity index (χ2n) is 6.63. The van der Waals surface area contributed by atoms with Crippen LogP contribution in [0.15, 0.2) is 57.1 Å². The second kappa shape index (κ2) is 9.35. The van der Waals surface area contributed by atoms with Gasteiger partial charge in [0.1, 0.15) is 0 Å². The molecule has 2 heterocycles. The number of carbonyl (C=O) groups excluding carboxylic acids is 1. The summed E-state index contributed by atoms with van der Waals surface area (Å²) in [5, 5.41) is 19.5. The fourth-order valence-electron chi connectivity index (χ4n) is 2.99. The molecule has 0 saturated heterocycles. The van der Waals surface area contributed by atoms with Gasteiger partial charge in [-0.1, -0.05) is 35.6 Å². The summed E-state index contributed by atoms with van der Waals surface area (Å²) in [6, 6.07) is 9.79. The quantitative estimate of drug-likeness (QED) is 0.255. The minimum absolute atomic E-state index is 0.0567. The lowest BCUT2D eigenvalue weighted by atomic mass is 9.96. The van der Waals surface area contributed by atoms with Crippen LogP contribution in [-0.4, -0.2) is 37.4 Å². The van der Waals surface area contributed by atoms with Gasteiger partial charge in [0, 0.05) is 16.9 Å². The van der Waals surface area contributed by atoms with Gasteiger partial charge in [0.2, 0.25) is 11.6 Å². The molecule has 1 atom stereocenters. The Labute approximate surface area is 176 Å². The van der Waals surface area contributed by atoms with Crippen molar-refractivity contribution in [3.05, 3.63) is 53.9 Å². The third-order valence-corrected chi connectivity index (χ3v) is 5.58. The zero-order valence-electron chi connectivity index (χ0n) is 16.0. The predicted molar refractivity (Wildman–Crippen MR) is 112 cm³/mol. The van der Waals surface area contributed by atoms with Crippen LogP contribution in [0.1, 0.15) is 35.4 Å². The summed E-state index contributed by atoms with van der Waals surface area (Å²) < 4.78 is 6.04. The molecule has 0 fully saturated rings. The van der Waals surface area contributed by atoms with E-state index >= 15 is 0 Å². The maximum Gasteiger partial charge on any atom is 0.293 e. The van der Waals surface area contributed by atoms with E-state index in [0.717, 1.165) is 24.2 Å². The number of aromatic nitrogens is 5. The van der Waals surface area contributed by atoms with Gasteiger partial charge in [0.05, 0.1) is 5.69 Å². The third kappa shape index (κ3) is 4.57. The number of anilines is 1. The highest BCUT2D eigenvalue weighted by Gasteiger charge is 2.24. The Morgan fingerprint density at radius 3 is 2.93 bits per heavy atom. The van der Waals surface area contributed by atoms with Gasteiger partial charge in [0.25, 0.3) is 5.91 Å². The number of nitrogens with zero attached hydrogens (tertiary/aromatic N) is 6. The molecule has 11 heteroatoms. The molecule has 0 saturated carbocycles. The molecule has 30 heavy (non-hydrogen) atoms. The summed E-state index contributed by atoms with van der Waals surface area (Å²) in [4.78, 5) is 13.8. The van der Waals surface area contributed by atoms with E-state index in [1.54, 1.807) is 6.21 Å². The average Bonchev–Trinajstić information content (AvgIpc) is 3.39. The number of nitrogens with two attached hydrogens (primary N) is 1. The molecule has 2 aromatic heterocycles. The lowest BCUT2D eigenvalue weighted by molar-refractivity contribution is 0.0949. The Morgan fingerprint density at radius 2 is 2.20 bits per heavy atom. The molecular weight excluding hydrogens is 404 g/mol. The van der Waals surface area contributed by atoms with E-state index in [1.807, 2.05) is 30.3 Å². The van der Waals surface area contributed by atoms with Crippen molar-refractivity contribution in [1.29, 1.82) is 0 Å². The summed E-state index contributed by atoms with van der Waals surface area (Å²) >= 11 is 1.53. The number of amides is 1. The highest BCUT2D eigenvalue weighted by Crippen LogP contribution is 2.25. The van der Waals surface area contributed by atoms with E-state index in [9.17, 15) is 4.79 Å². The van der Waals surface area contributed by atoms with Crippen LogP contribution < -0.4 is 11.2 Å². The van der Waals surface area contributed by atoms with E-state index in [2.05, 4.69) is 47.9 Å². The number of allylic oxidation sites excluding steroid dienone is 2. The zero-order chi connectivity index (χ0) is 20.8. The SMILES string of the molecule is Nc1nonc1-n1nnc(C(=O)N/N=C\[C@H]2CC=CCC2)c1CSc1ccccc1. The fourth-order valence-corrected chi connectivity index (χ4v) is 3.90. The first-order valence-corrected chi connectivity index (χ1v) is 10.4. The summed E-state index contributed by atoms with van der Waals surface area (Å²) in [6.07, 6.45) is 9.01. The molecule has 1 aliphatic rings. The molecule has 0 spiro atoms. The van der Waals surface area contributed by atoms with E-state index in [-0.39, 0.29) is 17.3 Å². The molecule has 10 nitrogen and oxygen atoms in total. The van der Waals surface area contributed by atoms with Crippen molar-refractivity contribution >= 4 is 29.7 Å². The van der Waals surface area contributed by atoms with Crippen LogP contribution >= 0.6 is 11.8 Å². The van der Waals surface area contributed by atoms with E-state index < -0.39 is 5.91 Å². The number of hydrazone groups is 1. The average molecular weight is 424 g/mol. The lowest BCUT2D eigenvalue weighted by Crippen LogP contribution is -2.21. The molecular formula is C19H20N8O2S. The Hall–Kier alpha value is -3.47. The van der Waals surface area contributed by atoms with Crippen LogP contribution in [0.3, 0.4) is 0 Å². The molecule has 0 bridgehead atoms. The maximum atomic E-state index is 12.7. The second-order valence-corrected chi connectivity index (χ2v) is 7.68. The van der Waals surface area contributed by atoms with Crippen LogP contribution in [0, 0.1) is 5.92 Å². The summed E-state index contributed by atoms with van der Waals surface area (Å²) in [5.41, 5.74) is 9.01. The monoisotopic (exact) mass is 424 g/mol. The van der Waals surface area contributed by atoms with Crippen LogP contribution in [-0.2, 0) is 5.75 Å². The first kappa shape index (κ1) is 19.8. The topological polar surface area (TPSA) is 137 Å². The molecule has 0 aliphatic heterocycles. The Bertz CT molecular complexity index is 1060. The Morgan fingerprint density at radius 1 is 1.33 bits per heavy atom. The maximum absolute atomic E-state index is 12.7. The number of rotatable bonds is 7. The third-order valence-electron chi connectivity index (χ3n) is 4.55. The number of thioether (sulfide) groups is 1. The Kier molecular flexibility index (Phi) is 6.18. The van der Waals surface area contributed by atoms with Crippen molar-refractivity contribution in [2.24, 2.45) is 11.0 Å². The molecule has 0 radical (unpaired) electrons. The van der Waals surface area contributed by atoms with Crippen LogP contribution in [0.5, 0.6) is 0 Å². The van der Waals surface area contributed by atoms with Gasteiger partial charge in [-0.2, -0.15) is 9.78 Å². The smallest absolute Gasteiger partial charge is 0.293 e. The van der Waals surface area contributed by atoms with Crippen molar-refractivity contribution in [3.8, 4) is 5.82 Å². The number of hydrogen-bond donors (Lipinski definition) is 2. The summed E-state index contributed by atoms with van der Waals surface area (Å²) in [6.45, 7) is 0. The van der Waals surface area contributed by atoms with Crippen LogP contribution in [0.4, 0.5) is 5.82 Å². The van der Waals surface area contributed by atoms with Gasteiger partial charge >= 0.3 is 0 Å². The standard InChI is InChI=1S/C19H20N8O2S/c20-17-18(25-29-24-17)27-15(12-30-14-9-5-2-6-10-14)16(22-26-27)19(28)23-21-11-13-7-3-1-4-8-13/h1-3,5-6,9-11,13H,4,7-8,12H2,(H2,20,24)(H,23,28)/b21-11-/t13-/m0/s1. The van der Waals surface area contributed by atoms with Crippen LogP contribution in [0.2, 0.25) is 0 Å². The first-order chi connectivity index (χ1) is 14.7. The van der Waals surface area contributed by atoms with Crippen molar-refractivity contribution < 1.29 is 9.42 Å². The van der Waals surface area contributed by atoms with Crippen molar-refractivity contribution in [2.45, 2.75) is 29.9 Å². The Balaban J connectivity index is 1.54.